The molecule has 0 bridgehead atoms. The molecule has 0 aliphatic carbocycles. The van der Waals surface area contributed by atoms with Crippen molar-refractivity contribution in [2.75, 3.05) is 20.2 Å². The van der Waals surface area contributed by atoms with Gasteiger partial charge in [0.2, 0.25) is 10.0 Å². The first-order valence-electron chi connectivity index (χ1n) is 7.16. The molecular weight excluding hydrogens is 381 g/mol. The van der Waals surface area contributed by atoms with Gasteiger partial charge in [0.15, 0.2) is 0 Å². The summed E-state index contributed by atoms with van der Waals surface area (Å²) in [6, 6.07) is 3.10. The van der Waals surface area contributed by atoms with Gasteiger partial charge < -0.3 is 14.7 Å². The fourth-order valence-electron chi connectivity index (χ4n) is 2.75. The number of rotatable bonds is 4. The van der Waals surface area contributed by atoms with Crippen molar-refractivity contribution in [2.45, 2.75) is 11.1 Å². The Kier molecular flexibility index (Phi) is 5.19. The molecular formula is C14H15F3N2O6S. The fraction of sp³-hybridized carbons (Fsp3) is 0.429. The van der Waals surface area contributed by atoms with Crippen molar-refractivity contribution >= 4 is 21.9 Å². The van der Waals surface area contributed by atoms with Gasteiger partial charge in [-0.3, -0.25) is 9.59 Å². The zero-order chi connectivity index (χ0) is 19.9. The number of carbonyl (C=O) groups is 2. The van der Waals surface area contributed by atoms with Crippen LogP contribution in [-0.4, -0.2) is 56.7 Å². The zero-order valence-corrected chi connectivity index (χ0v) is 14.2. The Balaban J connectivity index is 2.42. The predicted octanol–water partition coefficient (Wildman–Crippen LogP) is 0.678. The van der Waals surface area contributed by atoms with E-state index in [0.29, 0.717) is 4.90 Å². The summed E-state index contributed by atoms with van der Waals surface area (Å²) in [5.41, 5.74) is -0.328. The molecule has 1 aliphatic heterocycles. The number of amides is 1. The molecule has 0 unspecified atom stereocenters. The van der Waals surface area contributed by atoms with Gasteiger partial charge in [0, 0.05) is 13.1 Å². The van der Waals surface area contributed by atoms with Crippen LogP contribution in [0, 0.1) is 11.8 Å². The van der Waals surface area contributed by atoms with Gasteiger partial charge in [-0.15, -0.1) is 0 Å². The third-order valence-corrected chi connectivity index (χ3v) is 4.99. The molecule has 1 aromatic carbocycles. The third kappa shape index (κ3) is 3.90. The number of carbonyl (C=O) groups excluding carboxylic acids is 1. The second-order valence-corrected chi connectivity index (χ2v) is 7.27. The number of carboxylic acid groups (broad SMARTS) is 1. The minimum atomic E-state index is -4.80. The number of nitrogens with zero attached hydrogens (tertiary/aromatic N) is 1. The Morgan fingerprint density at radius 3 is 2.35 bits per heavy atom. The summed E-state index contributed by atoms with van der Waals surface area (Å²) < 4.78 is 67.0. The van der Waals surface area contributed by atoms with Crippen LogP contribution in [0.2, 0.25) is 0 Å². The van der Waals surface area contributed by atoms with E-state index in [1.807, 2.05) is 0 Å². The number of halogens is 3. The monoisotopic (exact) mass is 396 g/mol. The smallest absolute Gasteiger partial charge is 0.394 e. The highest BCUT2D eigenvalue weighted by Crippen LogP contribution is 2.38. The summed E-state index contributed by atoms with van der Waals surface area (Å²) in [5.74, 6) is -6.77. The summed E-state index contributed by atoms with van der Waals surface area (Å²) in [6.45, 7) is -1.52. The highest BCUT2D eigenvalue weighted by Gasteiger charge is 2.53. The van der Waals surface area contributed by atoms with Gasteiger partial charge in [0.25, 0.3) is 5.91 Å². The van der Waals surface area contributed by atoms with Crippen LogP contribution in [0.3, 0.4) is 0 Å². The largest absolute Gasteiger partial charge is 0.496 e. The third-order valence-electron chi connectivity index (χ3n) is 4.07. The maximum absolute atomic E-state index is 13.1. The summed E-state index contributed by atoms with van der Waals surface area (Å²) in [5, 5.41) is 14.0. The number of likely N-dealkylation sites (tertiary alicyclic amines) is 1. The summed E-state index contributed by atoms with van der Waals surface area (Å²) in [6.07, 6.45) is -4.80. The van der Waals surface area contributed by atoms with E-state index >= 15 is 0 Å². The molecule has 8 nitrogen and oxygen atoms in total. The molecule has 12 heteroatoms. The molecule has 1 saturated heterocycles. The number of hydrogen-bond donors (Lipinski definition) is 2. The van der Waals surface area contributed by atoms with Crippen molar-refractivity contribution in [2.24, 2.45) is 17.0 Å². The average molecular weight is 396 g/mol. The van der Waals surface area contributed by atoms with Gasteiger partial charge in [-0.05, 0) is 18.2 Å². The van der Waals surface area contributed by atoms with Gasteiger partial charge in [-0.25, -0.2) is 13.6 Å². The zero-order valence-electron chi connectivity index (χ0n) is 13.4. The molecule has 0 spiro atoms. The Morgan fingerprint density at radius 1 is 1.31 bits per heavy atom. The lowest BCUT2D eigenvalue weighted by Gasteiger charge is -2.19. The van der Waals surface area contributed by atoms with Crippen LogP contribution in [0.15, 0.2) is 23.1 Å². The minimum Gasteiger partial charge on any atom is -0.496 e. The standard InChI is InChI=1S/C14H15F3N2O6S/c1-25-11-3-2-7(26(18,23)24)4-8(11)12(20)19-5-9(13(21)22)10(6-19)14(15,16)17/h2-4,9-10H,5-6H2,1H3,(H,21,22)(H2,18,23,24)/t9-,10-/m1/s1. The van der Waals surface area contributed by atoms with Gasteiger partial charge in [0.05, 0.1) is 29.4 Å². The van der Waals surface area contributed by atoms with Crippen molar-refractivity contribution in [3.05, 3.63) is 23.8 Å². The maximum atomic E-state index is 13.1. The van der Waals surface area contributed by atoms with E-state index in [0.717, 1.165) is 18.2 Å². The van der Waals surface area contributed by atoms with E-state index in [1.54, 1.807) is 0 Å². The topological polar surface area (TPSA) is 127 Å². The summed E-state index contributed by atoms with van der Waals surface area (Å²) in [7, 11) is -2.98. The summed E-state index contributed by atoms with van der Waals surface area (Å²) >= 11 is 0. The highest BCUT2D eigenvalue weighted by atomic mass is 32.2. The molecule has 1 fully saturated rings. The Bertz CT molecular complexity index is 840. The number of benzene rings is 1. The molecule has 3 N–H and O–H groups in total. The Hall–Kier alpha value is -2.34. The highest BCUT2D eigenvalue weighted by molar-refractivity contribution is 7.89. The van der Waals surface area contributed by atoms with Gasteiger partial charge >= 0.3 is 12.1 Å². The fourth-order valence-corrected chi connectivity index (χ4v) is 3.29. The first-order valence-corrected chi connectivity index (χ1v) is 8.70. The number of hydrogen-bond acceptors (Lipinski definition) is 5. The SMILES string of the molecule is COc1ccc(S(N)(=O)=O)cc1C(=O)N1C[C@@H](C(F)(F)F)[C@H](C(=O)O)C1. The summed E-state index contributed by atoms with van der Waals surface area (Å²) in [4.78, 5) is 24.0. The second-order valence-electron chi connectivity index (χ2n) is 5.71. The lowest BCUT2D eigenvalue weighted by Crippen LogP contribution is -2.34. The van der Waals surface area contributed by atoms with E-state index in [9.17, 15) is 31.2 Å². The number of nitrogens with two attached hydrogens (primary N) is 1. The Labute approximate surface area is 146 Å². The van der Waals surface area contributed by atoms with E-state index in [4.69, 9.17) is 15.0 Å². The predicted molar refractivity (Wildman–Crippen MR) is 80.9 cm³/mol. The van der Waals surface area contributed by atoms with Crippen molar-refractivity contribution < 1.29 is 41.0 Å². The maximum Gasteiger partial charge on any atom is 0.394 e. The molecule has 0 saturated carbocycles. The van der Waals surface area contributed by atoms with Gasteiger partial charge in [0.1, 0.15) is 5.75 Å². The number of aliphatic carboxylic acids is 1. The van der Waals surface area contributed by atoms with Crippen molar-refractivity contribution in [3.63, 3.8) is 0 Å². The number of primary sulfonamides is 1. The van der Waals surface area contributed by atoms with E-state index in [-0.39, 0.29) is 11.3 Å². The van der Waals surface area contributed by atoms with E-state index in [2.05, 4.69) is 0 Å². The van der Waals surface area contributed by atoms with Crippen molar-refractivity contribution in [1.29, 1.82) is 0 Å². The molecule has 1 aromatic rings. The normalized spacial score (nSPS) is 20.9. The number of carboxylic acids is 1. The molecule has 2 atom stereocenters. The van der Waals surface area contributed by atoms with Crippen LogP contribution in [0.4, 0.5) is 13.2 Å². The van der Waals surface area contributed by atoms with Crippen LogP contribution in [0.1, 0.15) is 10.4 Å². The first kappa shape index (κ1) is 20.0. The van der Waals surface area contributed by atoms with Gasteiger partial charge in [-0.1, -0.05) is 0 Å². The molecule has 0 radical (unpaired) electrons. The average Bonchev–Trinajstić information content (AvgIpc) is 2.98. The quantitative estimate of drug-likeness (QED) is 0.771. The number of ether oxygens (including phenoxy) is 1. The number of alkyl halides is 3. The molecule has 2 rings (SSSR count). The minimum absolute atomic E-state index is 0.0790. The molecule has 1 aliphatic rings. The van der Waals surface area contributed by atoms with Crippen LogP contribution in [0.5, 0.6) is 5.75 Å². The number of sulfonamides is 1. The van der Waals surface area contributed by atoms with Crippen LogP contribution >= 0.6 is 0 Å². The second kappa shape index (κ2) is 6.76. The van der Waals surface area contributed by atoms with Gasteiger partial charge in [-0.2, -0.15) is 13.2 Å². The van der Waals surface area contributed by atoms with E-state index in [1.165, 1.54) is 7.11 Å². The number of methoxy groups -OCH3 is 1. The Morgan fingerprint density at radius 2 is 1.92 bits per heavy atom. The van der Waals surface area contributed by atoms with E-state index < -0.39 is 57.9 Å². The first-order chi connectivity index (χ1) is 11.9. The lowest BCUT2D eigenvalue weighted by atomic mass is 9.96. The molecule has 26 heavy (non-hydrogen) atoms. The van der Waals surface area contributed by atoms with Crippen molar-refractivity contribution in [3.8, 4) is 5.75 Å². The van der Waals surface area contributed by atoms with Crippen LogP contribution in [-0.2, 0) is 14.8 Å². The molecule has 1 heterocycles. The van der Waals surface area contributed by atoms with Crippen LogP contribution < -0.4 is 9.88 Å². The molecule has 1 amide bonds. The van der Waals surface area contributed by atoms with Crippen molar-refractivity contribution in [1.82, 2.24) is 4.90 Å². The molecule has 0 aromatic heterocycles. The lowest BCUT2D eigenvalue weighted by molar-refractivity contribution is -0.187. The van der Waals surface area contributed by atoms with Crippen LogP contribution in [0.25, 0.3) is 0 Å². The molecule has 144 valence electrons.